The van der Waals surface area contributed by atoms with Crippen molar-refractivity contribution >= 4 is 5.91 Å². The van der Waals surface area contributed by atoms with Crippen LogP contribution in [0.25, 0.3) is 5.82 Å². The molecule has 3 N–H and O–H groups in total. The van der Waals surface area contributed by atoms with Gasteiger partial charge in [-0.25, -0.2) is 14.6 Å². The number of pyridine rings is 1. The summed E-state index contributed by atoms with van der Waals surface area (Å²) in [5.41, 5.74) is 5.89. The Balaban J connectivity index is 2.09. The van der Waals surface area contributed by atoms with Gasteiger partial charge in [-0.3, -0.25) is 4.79 Å². The second-order valence-corrected chi connectivity index (χ2v) is 6.06. The van der Waals surface area contributed by atoms with Crippen LogP contribution in [0.15, 0.2) is 31.0 Å². The van der Waals surface area contributed by atoms with E-state index < -0.39 is 5.54 Å². The first kappa shape index (κ1) is 16.1. The maximum absolute atomic E-state index is 12.4. The van der Waals surface area contributed by atoms with Gasteiger partial charge in [0.2, 0.25) is 0 Å². The van der Waals surface area contributed by atoms with Crippen molar-refractivity contribution < 1.29 is 4.79 Å². The third-order valence-electron chi connectivity index (χ3n) is 3.39. The summed E-state index contributed by atoms with van der Waals surface area (Å²) >= 11 is 0. The van der Waals surface area contributed by atoms with Crippen LogP contribution in [-0.4, -0.2) is 37.7 Å². The molecule has 0 radical (unpaired) electrons. The molecule has 0 bridgehead atoms. The average Bonchev–Trinajstić information content (AvgIpc) is 3.00. The van der Waals surface area contributed by atoms with Gasteiger partial charge in [-0.05, 0) is 31.4 Å². The molecule has 1 unspecified atom stereocenters. The van der Waals surface area contributed by atoms with E-state index in [9.17, 15) is 4.79 Å². The molecule has 0 spiro atoms. The molecule has 1 atom stereocenters. The van der Waals surface area contributed by atoms with Crippen molar-refractivity contribution in [2.24, 2.45) is 11.7 Å². The lowest BCUT2D eigenvalue weighted by Gasteiger charge is -2.31. The molecule has 118 valence electrons. The molecule has 0 aromatic carbocycles. The normalized spacial score (nSPS) is 13.9. The zero-order valence-electron chi connectivity index (χ0n) is 13.2. The fraction of sp³-hybridized carbons (Fsp3) is 0.467. The molecule has 0 saturated carbocycles. The summed E-state index contributed by atoms with van der Waals surface area (Å²) in [6.07, 6.45) is 5.33. The highest BCUT2D eigenvalue weighted by molar-refractivity contribution is 5.94. The van der Waals surface area contributed by atoms with Gasteiger partial charge in [0.05, 0.1) is 5.56 Å². The minimum absolute atomic E-state index is 0.175. The van der Waals surface area contributed by atoms with Crippen LogP contribution in [-0.2, 0) is 0 Å². The summed E-state index contributed by atoms with van der Waals surface area (Å²) in [5, 5.41) is 7.00. The molecular weight excluding hydrogens is 280 g/mol. The zero-order chi connectivity index (χ0) is 16.2. The van der Waals surface area contributed by atoms with E-state index in [1.165, 1.54) is 17.2 Å². The number of nitrogens with one attached hydrogen (secondary N) is 1. The Kier molecular flexibility index (Phi) is 4.87. The summed E-state index contributed by atoms with van der Waals surface area (Å²) < 4.78 is 1.53. The maximum Gasteiger partial charge on any atom is 0.253 e. The second-order valence-electron chi connectivity index (χ2n) is 6.06. The lowest BCUT2D eigenvalue weighted by molar-refractivity contribution is 0.0898. The molecule has 7 nitrogen and oxygen atoms in total. The third-order valence-corrected chi connectivity index (χ3v) is 3.39. The van der Waals surface area contributed by atoms with E-state index in [4.69, 9.17) is 5.73 Å². The highest BCUT2D eigenvalue weighted by Gasteiger charge is 2.26. The molecule has 1 amide bonds. The van der Waals surface area contributed by atoms with Gasteiger partial charge in [-0.1, -0.05) is 13.8 Å². The van der Waals surface area contributed by atoms with Crippen LogP contribution in [0.1, 0.15) is 37.6 Å². The summed E-state index contributed by atoms with van der Waals surface area (Å²) in [5.74, 6) is 0.880. The topological polar surface area (TPSA) is 98.7 Å². The van der Waals surface area contributed by atoms with Gasteiger partial charge in [0.25, 0.3) is 5.91 Å². The lowest BCUT2D eigenvalue weighted by Crippen LogP contribution is -2.52. The zero-order valence-corrected chi connectivity index (χ0v) is 13.2. The van der Waals surface area contributed by atoms with E-state index in [1.807, 2.05) is 6.92 Å². The number of nitrogens with two attached hydrogens (primary N) is 1. The van der Waals surface area contributed by atoms with Gasteiger partial charge < -0.3 is 11.1 Å². The number of hydrogen-bond acceptors (Lipinski definition) is 5. The van der Waals surface area contributed by atoms with Gasteiger partial charge in [0.15, 0.2) is 5.82 Å². The van der Waals surface area contributed by atoms with Gasteiger partial charge in [0.1, 0.15) is 12.7 Å². The molecule has 0 aliphatic rings. The van der Waals surface area contributed by atoms with Crippen LogP contribution in [0, 0.1) is 5.92 Å². The van der Waals surface area contributed by atoms with Gasteiger partial charge in [0, 0.05) is 18.3 Å². The minimum atomic E-state index is -0.421. The number of amides is 1. The minimum Gasteiger partial charge on any atom is -0.346 e. The van der Waals surface area contributed by atoms with Crippen molar-refractivity contribution in [2.45, 2.75) is 32.7 Å². The first-order valence-electron chi connectivity index (χ1n) is 7.27. The predicted molar refractivity (Wildman–Crippen MR) is 83.5 cm³/mol. The lowest BCUT2D eigenvalue weighted by atomic mass is 9.90. The van der Waals surface area contributed by atoms with Crippen LogP contribution in [0.2, 0.25) is 0 Å². The summed E-state index contributed by atoms with van der Waals surface area (Å²) in [4.78, 5) is 20.4. The van der Waals surface area contributed by atoms with E-state index >= 15 is 0 Å². The van der Waals surface area contributed by atoms with Crippen LogP contribution in [0.5, 0.6) is 0 Å². The van der Waals surface area contributed by atoms with E-state index in [0.717, 1.165) is 6.42 Å². The highest BCUT2D eigenvalue weighted by atomic mass is 16.1. The Labute approximate surface area is 130 Å². The second kappa shape index (κ2) is 6.65. The Morgan fingerprint density at radius 3 is 2.73 bits per heavy atom. The number of aromatic nitrogens is 4. The number of nitrogens with zero attached hydrogens (tertiary/aromatic N) is 4. The first-order valence-corrected chi connectivity index (χ1v) is 7.27. The van der Waals surface area contributed by atoms with E-state index in [-0.39, 0.29) is 5.91 Å². The first-order chi connectivity index (χ1) is 10.4. The predicted octanol–water partition coefficient (Wildman–Crippen LogP) is 1.16. The summed E-state index contributed by atoms with van der Waals surface area (Å²) in [6.45, 7) is 6.56. The van der Waals surface area contributed by atoms with Crippen molar-refractivity contribution in [3.05, 3.63) is 36.5 Å². The monoisotopic (exact) mass is 302 g/mol. The van der Waals surface area contributed by atoms with Gasteiger partial charge in [-0.2, -0.15) is 5.10 Å². The standard InChI is InChI=1S/C15H22N6O/c1-11(2)6-15(3,8-16)20-14(22)12-4-5-13(18-7-12)21-10-17-9-19-21/h4-5,7,9-11H,6,8,16H2,1-3H3,(H,20,22). The molecular formula is C15H22N6O. The fourth-order valence-electron chi connectivity index (χ4n) is 2.42. The number of hydrogen-bond donors (Lipinski definition) is 2. The van der Waals surface area contributed by atoms with Gasteiger partial charge in [-0.15, -0.1) is 0 Å². The Bertz CT molecular complexity index is 607. The molecule has 0 aliphatic heterocycles. The molecule has 7 heteroatoms. The van der Waals surface area contributed by atoms with Crippen molar-refractivity contribution in [1.29, 1.82) is 0 Å². The van der Waals surface area contributed by atoms with Crippen molar-refractivity contribution in [1.82, 2.24) is 25.1 Å². The number of carbonyl (C=O) groups excluding carboxylic acids is 1. The summed E-state index contributed by atoms with van der Waals surface area (Å²) in [6, 6.07) is 3.44. The highest BCUT2D eigenvalue weighted by Crippen LogP contribution is 2.16. The SMILES string of the molecule is CC(C)CC(C)(CN)NC(=O)c1ccc(-n2cncn2)nc1. The van der Waals surface area contributed by atoms with Crippen molar-refractivity contribution in [2.75, 3.05) is 6.54 Å². The van der Waals surface area contributed by atoms with Crippen LogP contribution in [0.3, 0.4) is 0 Å². The fourth-order valence-corrected chi connectivity index (χ4v) is 2.42. The smallest absolute Gasteiger partial charge is 0.253 e. The van der Waals surface area contributed by atoms with Crippen molar-refractivity contribution in [3.63, 3.8) is 0 Å². The Morgan fingerprint density at radius 1 is 1.45 bits per heavy atom. The van der Waals surface area contributed by atoms with Crippen LogP contribution in [0.4, 0.5) is 0 Å². The molecule has 0 fully saturated rings. The van der Waals surface area contributed by atoms with Gasteiger partial charge >= 0.3 is 0 Å². The van der Waals surface area contributed by atoms with Crippen LogP contribution >= 0.6 is 0 Å². The molecule has 22 heavy (non-hydrogen) atoms. The van der Waals surface area contributed by atoms with Crippen molar-refractivity contribution in [3.8, 4) is 5.82 Å². The molecule has 2 aromatic rings. The maximum atomic E-state index is 12.4. The van der Waals surface area contributed by atoms with E-state index in [0.29, 0.717) is 23.8 Å². The van der Waals surface area contributed by atoms with E-state index in [2.05, 4.69) is 34.2 Å². The number of carbonyl (C=O) groups is 1. The Morgan fingerprint density at radius 2 is 2.23 bits per heavy atom. The number of rotatable bonds is 6. The molecule has 0 aliphatic carbocycles. The molecule has 0 saturated heterocycles. The van der Waals surface area contributed by atoms with E-state index in [1.54, 1.807) is 18.5 Å². The largest absolute Gasteiger partial charge is 0.346 e. The summed E-state index contributed by atoms with van der Waals surface area (Å²) in [7, 11) is 0. The quantitative estimate of drug-likeness (QED) is 0.834. The molecule has 2 rings (SSSR count). The van der Waals surface area contributed by atoms with Crippen LogP contribution < -0.4 is 11.1 Å². The molecule has 2 heterocycles. The Hall–Kier alpha value is -2.28. The molecule has 2 aromatic heterocycles. The third kappa shape index (κ3) is 3.88. The average molecular weight is 302 g/mol.